The van der Waals surface area contributed by atoms with Crippen LogP contribution >= 0.6 is 0 Å². The largest absolute Gasteiger partial charge is 0.473 e. The summed E-state index contributed by atoms with van der Waals surface area (Å²) >= 11 is 0. The third-order valence-corrected chi connectivity index (χ3v) is 2.59. The van der Waals surface area contributed by atoms with Gasteiger partial charge in [0.05, 0.1) is 12.5 Å². The molecule has 0 bridgehead atoms. The third-order valence-electron chi connectivity index (χ3n) is 2.59. The van der Waals surface area contributed by atoms with Gasteiger partial charge in [0.2, 0.25) is 0 Å². The van der Waals surface area contributed by atoms with Crippen LogP contribution < -0.4 is 0 Å². The monoisotopic (exact) mass is 374 g/mol. The van der Waals surface area contributed by atoms with Crippen LogP contribution in [-0.4, -0.2) is 67.8 Å². The number of hydrogen-bond acceptors (Lipinski definition) is 8. The lowest BCUT2D eigenvalue weighted by Gasteiger charge is -2.11. The minimum Gasteiger partial charge on any atom is -0.473 e. The normalized spacial score (nSPS) is 11.0. The van der Waals surface area contributed by atoms with Crippen molar-refractivity contribution >= 4 is 6.29 Å². The molecule has 0 radical (unpaired) electrons. The number of hydrogen-bond donors (Lipinski definition) is 0. The smallest absolute Gasteiger partial charge is 0.176 e. The fourth-order valence-electron chi connectivity index (χ4n) is 1.30. The number of carbonyl (C=O) groups excluding carboxylic acids is 1. The van der Waals surface area contributed by atoms with E-state index in [0.717, 1.165) is 0 Å². The molecule has 1 heterocycles. The number of ether oxygens (including phenoxy) is 6. The summed E-state index contributed by atoms with van der Waals surface area (Å²) in [7, 11) is 9.26. The number of aldehydes is 1. The molecule has 0 saturated heterocycles. The van der Waals surface area contributed by atoms with Crippen LogP contribution in [0.25, 0.3) is 0 Å². The molecule has 0 atom stereocenters. The lowest BCUT2D eigenvalue weighted by atomic mass is 10.4. The Labute approximate surface area is 155 Å². The highest BCUT2D eigenvalue weighted by Gasteiger charge is 2.02. The number of carbonyl (C=O) groups is 1. The standard InChI is InChI=1S/C8H16O4.C6H10O3.C4H4O/c1-9-7(10-2)5-6-8(11-3)12-4;1-8-6(9-2)4-3-5-7;1-2-4-5-3-1/h5-8H,1-4H3;3-6H,1-2H3;1-4H/b6-5+;4-3+;. The summed E-state index contributed by atoms with van der Waals surface area (Å²) in [4.78, 5) is 9.74. The average molecular weight is 374 g/mol. The van der Waals surface area contributed by atoms with Gasteiger partial charge in [-0.3, -0.25) is 4.79 Å². The molecule has 0 aliphatic rings. The fraction of sp³-hybridized carbons (Fsp3) is 0.500. The summed E-state index contributed by atoms with van der Waals surface area (Å²) in [5.41, 5.74) is 0. The van der Waals surface area contributed by atoms with Crippen molar-refractivity contribution in [3.05, 3.63) is 49.0 Å². The van der Waals surface area contributed by atoms with E-state index in [1.165, 1.54) is 26.4 Å². The SMILES string of the molecule is COC(/C=C/C(OC)OC)OC.COC(/C=C/C=O)OC.c1ccoc1. The lowest BCUT2D eigenvalue weighted by molar-refractivity contribution is -0.104. The zero-order valence-electron chi connectivity index (χ0n) is 16.2. The molecule has 0 fully saturated rings. The molecule has 0 aromatic carbocycles. The Balaban J connectivity index is 0. The second-order valence-corrected chi connectivity index (χ2v) is 4.22. The van der Waals surface area contributed by atoms with Crippen molar-refractivity contribution in [2.24, 2.45) is 0 Å². The second kappa shape index (κ2) is 21.2. The van der Waals surface area contributed by atoms with Crippen molar-refractivity contribution in [3.63, 3.8) is 0 Å². The Bertz CT molecular complexity index is 387. The summed E-state index contributed by atoms with van der Waals surface area (Å²) in [5.74, 6) is 0. The molecular formula is C18H30O8. The van der Waals surface area contributed by atoms with E-state index in [-0.39, 0.29) is 12.6 Å². The average Bonchev–Trinajstić information content (AvgIpc) is 3.27. The molecule has 0 amide bonds. The fourth-order valence-corrected chi connectivity index (χ4v) is 1.30. The second-order valence-electron chi connectivity index (χ2n) is 4.22. The van der Waals surface area contributed by atoms with Crippen molar-refractivity contribution in [2.75, 3.05) is 42.7 Å². The molecule has 150 valence electrons. The van der Waals surface area contributed by atoms with E-state index in [1.807, 2.05) is 12.1 Å². The number of furan rings is 1. The summed E-state index contributed by atoms with van der Waals surface area (Å²) < 4.78 is 33.7. The van der Waals surface area contributed by atoms with Gasteiger partial charge >= 0.3 is 0 Å². The highest BCUT2D eigenvalue weighted by atomic mass is 16.7. The molecule has 0 spiro atoms. The predicted octanol–water partition coefficient (Wildman–Crippen LogP) is 2.42. The maximum atomic E-state index is 9.74. The summed E-state index contributed by atoms with van der Waals surface area (Å²) in [6, 6.07) is 3.67. The van der Waals surface area contributed by atoms with Gasteiger partial charge in [-0.25, -0.2) is 0 Å². The van der Waals surface area contributed by atoms with Gasteiger partial charge in [-0.1, -0.05) is 0 Å². The zero-order chi connectivity index (χ0) is 20.0. The molecule has 26 heavy (non-hydrogen) atoms. The minimum atomic E-state index is -0.407. The van der Waals surface area contributed by atoms with E-state index in [9.17, 15) is 4.79 Å². The first kappa shape index (κ1) is 26.4. The van der Waals surface area contributed by atoms with Gasteiger partial charge in [-0.2, -0.15) is 0 Å². The molecule has 8 heteroatoms. The summed E-state index contributed by atoms with van der Waals surface area (Å²) in [6.07, 6.45) is 9.11. The topological polar surface area (TPSA) is 85.6 Å². The maximum Gasteiger partial charge on any atom is 0.176 e. The molecular weight excluding hydrogens is 344 g/mol. The Morgan fingerprint density at radius 1 is 0.654 bits per heavy atom. The molecule has 1 rings (SSSR count). The van der Waals surface area contributed by atoms with Crippen molar-refractivity contribution in [3.8, 4) is 0 Å². The van der Waals surface area contributed by atoms with E-state index in [2.05, 4.69) is 4.42 Å². The lowest BCUT2D eigenvalue weighted by Crippen LogP contribution is -2.13. The minimum absolute atomic E-state index is 0.349. The van der Waals surface area contributed by atoms with Crippen molar-refractivity contribution in [1.29, 1.82) is 0 Å². The summed E-state index contributed by atoms with van der Waals surface area (Å²) in [5, 5.41) is 0. The van der Waals surface area contributed by atoms with Crippen molar-refractivity contribution in [2.45, 2.75) is 18.9 Å². The van der Waals surface area contributed by atoms with Crippen LogP contribution in [0.2, 0.25) is 0 Å². The van der Waals surface area contributed by atoms with Gasteiger partial charge in [0, 0.05) is 42.7 Å². The first-order valence-electron chi connectivity index (χ1n) is 7.57. The molecule has 1 aromatic heterocycles. The van der Waals surface area contributed by atoms with Crippen LogP contribution in [0.5, 0.6) is 0 Å². The van der Waals surface area contributed by atoms with Crippen LogP contribution in [0.15, 0.2) is 53.4 Å². The van der Waals surface area contributed by atoms with Gasteiger partial charge in [-0.15, -0.1) is 0 Å². The van der Waals surface area contributed by atoms with E-state index >= 15 is 0 Å². The molecule has 0 aliphatic carbocycles. The third kappa shape index (κ3) is 17.0. The van der Waals surface area contributed by atoms with Crippen LogP contribution in [0, 0.1) is 0 Å². The Hall–Kier alpha value is -1.81. The Morgan fingerprint density at radius 3 is 1.23 bits per heavy atom. The van der Waals surface area contributed by atoms with Crippen LogP contribution in [0.1, 0.15) is 0 Å². The van der Waals surface area contributed by atoms with E-state index < -0.39 is 6.29 Å². The Kier molecular flexibility index (Phi) is 21.6. The zero-order valence-corrected chi connectivity index (χ0v) is 16.2. The number of methoxy groups -OCH3 is 6. The molecule has 0 N–H and O–H groups in total. The molecule has 0 aliphatic heterocycles. The molecule has 0 saturated carbocycles. The highest BCUT2D eigenvalue weighted by molar-refractivity contribution is 5.64. The van der Waals surface area contributed by atoms with Crippen LogP contribution in [0.3, 0.4) is 0 Å². The van der Waals surface area contributed by atoms with Gasteiger partial charge in [0.25, 0.3) is 0 Å². The van der Waals surface area contributed by atoms with Gasteiger partial charge < -0.3 is 32.8 Å². The van der Waals surface area contributed by atoms with Crippen LogP contribution in [-0.2, 0) is 33.2 Å². The first-order chi connectivity index (χ1) is 12.6. The van der Waals surface area contributed by atoms with Gasteiger partial charge in [0.15, 0.2) is 18.9 Å². The number of allylic oxidation sites excluding steroid dienone is 1. The van der Waals surface area contributed by atoms with Crippen LogP contribution in [0.4, 0.5) is 0 Å². The highest BCUT2D eigenvalue weighted by Crippen LogP contribution is 1.98. The van der Waals surface area contributed by atoms with Gasteiger partial charge in [0.1, 0.15) is 6.29 Å². The summed E-state index contributed by atoms with van der Waals surface area (Å²) in [6.45, 7) is 0. The maximum absolute atomic E-state index is 9.74. The Morgan fingerprint density at radius 2 is 1.00 bits per heavy atom. The molecule has 8 nitrogen and oxygen atoms in total. The van der Waals surface area contributed by atoms with Crippen molar-refractivity contribution < 1.29 is 37.6 Å². The van der Waals surface area contributed by atoms with Gasteiger partial charge in [-0.05, 0) is 36.4 Å². The number of rotatable bonds is 10. The first-order valence-corrected chi connectivity index (χ1v) is 7.57. The van der Waals surface area contributed by atoms with E-state index in [4.69, 9.17) is 28.4 Å². The molecule has 1 aromatic rings. The quantitative estimate of drug-likeness (QED) is 0.267. The predicted molar refractivity (Wildman–Crippen MR) is 96.5 cm³/mol. The van der Waals surface area contributed by atoms with E-state index in [0.29, 0.717) is 6.29 Å². The molecule has 0 unspecified atom stereocenters. The van der Waals surface area contributed by atoms with E-state index in [1.54, 1.807) is 53.1 Å². The van der Waals surface area contributed by atoms with Crippen molar-refractivity contribution in [1.82, 2.24) is 0 Å².